The molecule has 0 spiro atoms. The number of benzene rings is 1. The van der Waals surface area contributed by atoms with Gasteiger partial charge in [0.15, 0.2) is 11.9 Å². The first-order valence-corrected chi connectivity index (χ1v) is 19.4. The summed E-state index contributed by atoms with van der Waals surface area (Å²) < 4.78 is 52.2. The molecule has 1 aromatic carbocycles. The number of methoxy groups -OCH3 is 1. The zero-order chi connectivity index (χ0) is 37.0. The predicted molar refractivity (Wildman–Crippen MR) is 186 cm³/mol. The highest BCUT2D eigenvalue weighted by Crippen LogP contribution is 2.63. The molecular formula is C32H39N6O12PS. The third-order valence-corrected chi connectivity index (χ3v) is 12.1. The van der Waals surface area contributed by atoms with Crippen molar-refractivity contribution in [2.75, 3.05) is 32.0 Å². The Morgan fingerprint density at radius 1 is 1.13 bits per heavy atom. The maximum atomic E-state index is 14.5. The van der Waals surface area contributed by atoms with Crippen molar-refractivity contribution in [1.82, 2.24) is 24.1 Å². The van der Waals surface area contributed by atoms with E-state index in [1.807, 2.05) is 30.3 Å². The normalized spacial score (nSPS) is 26.3. The number of imidazole rings is 1. The second kappa shape index (κ2) is 16.4. The second-order valence-corrected chi connectivity index (χ2v) is 16.2. The molecule has 2 fully saturated rings. The Hall–Kier alpha value is -3.91. The van der Waals surface area contributed by atoms with E-state index in [9.17, 15) is 29.2 Å². The van der Waals surface area contributed by atoms with Gasteiger partial charge < -0.3 is 34.9 Å². The molecule has 0 saturated carbocycles. The van der Waals surface area contributed by atoms with Crippen molar-refractivity contribution < 1.29 is 47.6 Å². The monoisotopic (exact) mass is 762 g/mol. The van der Waals surface area contributed by atoms with Gasteiger partial charge in [-0.3, -0.25) is 32.8 Å². The van der Waals surface area contributed by atoms with E-state index in [1.165, 1.54) is 25.8 Å². The Balaban J connectivity index is 1.19. The first kappa shape index (κ1) is 37.8. The first-order chi connectivity index (χ1) is 25.0. The minimum absolute atomic E-state index is 0.121. The van der Waals surface area contributed by atoms with E-state index >= 15 is 0 Å². The van der Waals surface area contributed by atoms with Gasteiger partial charge in [-0.2, -0.15) is 0 Å². The third kappa shape index (κ3) is 8.33. The molecule has 2 saturated heterocycles. The summed E-state index contributed by atoms with van der Waals surface area (Å²) in [6.45, 7) is -3.74. The van der Waals surface area contributed by atoms with E-state index in [0.29, 0.717) is 34.7 Å². The molecule has 0 amide bonds. The van der Waals surface area contributed by atoms with Gasteiger partial charge in [0.2, 0.25) is 0 Å². The number of fused-ring (bicyclic) bond motifs is 1. The lowest BCUT2D eigenvalue weighted by atomic mass is 10.0. The van der Waals surface area contributed by atoms with E-state index in [0.717, 1.165) is 16.2 Å². The third-order valence-electron chi connectivity index (χ3n) is 8.72. The van der Waals surface area contributed by atoms with Gasteiger partial charge in [0.25, 0.3) is 5.56 Å². The lowest BCUT2D eigenvalue weighted by Crippen LogP contribution is -2.39. The molecule has 280 valence electrons. The number of aliphatic hydroxyl groups is 2. The molecule has 2 aliphatic rings. The van der Waals surface area contributed by atoms with Crippen molar-refractivity contribution >= 4 is 41.0 Å². The predicted octanol–water partition coefficient (Wildman–Crippen LogP) is 1.74. The van der Waals surface area contributed by atoms with E-state index in [2.05, 4.69) is 15.0 Å². The van der Waals surface area contributed by atoms with Crippen LogP contribution in [-0.4, -0.2) is 97.1 Å². The maximum absolute atomic E-state index is 14.5. The summed E-state index contributed by atoms with van der Waals surface area (Å²) in [6, 6.07) is 12.1. The topological polar surface area (TPSA) is 242 Å². The number of hydrogen-bond donors (Lipinski definition) is 4. The Kier molecular flexibility index (Phi) is 11.9. The number of aromatic nitrogens is 5. The molecule has 0 aliphatic carbocycles. The molecule has 3 aromatic heterocycles. The summed E-state index contributed by atoms with van der Waals surface area (Å²) in [5.74, 6) is -1.52. The second-order valence-electron chi connectivity index (χ2n) is 12.2. The van der Waals surface area contributed by atoms with Crippen LogP contribution in [0.2, 0.25) is 0 Å². The first-order valence-electron chi connectivity index (χ1n) is 16.3. The highest BCUT2D eigenvalue weighted by molar-refractivity contribution is 8.55. The zero-order valence-corrected chi connectivity index (χ0v) is 29.8. The number of carbonyl (C=O) groups excluding carboxylic acids is 1. The Bertz CT molecular complexity index is 2010. The molecule has 18 nitrogen and oxygen atoms in total. The van der Waals surface area contributed by atoms with Crippen LogP contribution in [0.5, 0.6) is 0 Å². The van der Waals surface area contributed by atoms with Crippen molar-refractivity contribution in [3.63, 3.8) is 0 Å². The van der Waals surface area contributed by atoms with Crippen LogP contribution >= 0.6 is 18.2 Å². The van der Waals surface area contributed by atoms with Gasteiger partial charge >= 0.3 is 18.5 Å². The van der Waals surface area contributed by atoms with Gasteiger partial charge in [-0.25, -0.2) is 19.3 Å². The van der Waals surface area contributed by atoms with Crippen LogP contribution in [0.1, 0.15) is 31.4 Å². The number of H-pyrrole nitrogens is 1. The number of ether oxygens (including phenoxy) is 4. The van der Waals surface area contributed by atoms with Crippen LogP contribution < -0.4 is 17.0 Å². The molecule has 0 bridgehead atoms. The van der Waals surface area contributed by atoms with Gasteiger partial charge in [0.1, 0.15) is 42.1 Å². The molecule has 20 heteroatoms. The number of nitrogen functional groups attached to an aromatic ring is 1. The minimum atomic E-state index is -4.38. The van der Waals surface area contributed by atoms with Gasteiger partial charge in [0.05, 0.1) is 37.3 Å². The summed E-state index contributed by atoms with van der Waals surface area (Å²) in [5.41, 5.74) is 6.85. The number of nitrogens with one attached hydrogen (secondary N) is 1. The summed E-state index contributed by atoms with van der Waals surface area (Å²) in [7, 11) is 1.30. The molecule has 5 heterocycles. The number of esters is 1. The zero-order valence-electron chi connectivity index (χ0n) is 28.1. The average Bonchev–Trinajstić information content (AvgIpc) is 3.82. The molecular weight excluding hydrogens is 723 g/mol. The van der Waals surface area contributed by atoms with Gasteiger partial charge in [-0.05, 0) is 18.1 Å². The fraction of sp³-hybridized carbons (Fsp3) is 0.469. The van der Waals surface area contributed by atoms with Gasteiger partial charge in [-0.15, -0.1) is 0 Å². The fourth-order valence-electron chi connectivity index (χ4n) is 6.04. The van der Waals surface area contributed by atoms with Crippen molar-refractivity contribution in [3.05, 3.63) is 87.6 Å². The van der Waals surface area contributed by atoms with E-state index in [1.54, 1.807) is 17.6 Å². The van der Waals surface area contributed by atoms with Crippen LogP contribution in [0.3, 0.4) is 0 Å². The number of aliphatic hydroxyl groups excluding tert-OH is 2. The van der Waals surface area contributed by atoms with E-state index in [4.69, 9.17) is 33.7 Å². The molecule has 52 heavy (non-hydrogen) atoms. The number of hydrogen-bond acceptors (Lipinski definition) is 16. The highest BCUT2D eigenvalue weighted by Gasteiger charge is 2.51. The Morgan fingerprint density at radius 2 is 1.92 bits per heavy atom. The summed E-state index contributed by atoms with van der Waals surface area (Å²) >= 11 is 0.560. The van der Waals surface area contributed by atoms with Crippen molar-refractivity contribution in [2.45, 2.75) is 62.7 Å². The lowest BCUT2D eigenvalue weighted by molar-refractivity contribution is -0.145. The number of carbonyl (C=O) groups is 1. The standard InChI is InChI=1S/C32H39N6O12PS/c1-18(12-19-6-4-3-5-7-19)31(42)46-17-52-51(44,50-27-22(14-39)49-30(28(27)45-2)37-11-9-24(41)36-32(37)43)47-15-23-21(40)13-25(48-23)38-16-35-26-20(33)8-10-34-29(26)38/h3-11,16,18,21-23,25,27-28,30,39-40H,12-15,17H2,1-2H3,(H2,33,34)(H,36,41,43)/t18?,21-,22-,23-,25-,27+,28?,30-,51?/m1/s1. The summed E-state index contributed by atoms with van der Waals surface area (Å²) in [5, 5.41) is 21.2. The van der Waals surface area contributed by atoms with Crippen LogP contribution in [0.25, 0.3) is 11.2 Å². The number of pyridine rings is 1. The largest absolute Gasteiger partial charge is 0.454 e. The van der Waals surface area contributed by atoms with Crippen molar-refractivity contribution in [2.24, 2.45) is 5.92 Å². The van der Waals surface area contributed by atoms with Crippen LogP contribution in [0.4, 0.5) is 5.69 Å². The molecule has 3 unspecified atom stereocenters. The number of aromatic amines is 1. The SMILES string of the molecule is COC1[C@@H](OP(=O)(OC[C@H]2O[C@@H](n3cnc4c(N)ccnc43)C[C@H]2O)SCOC(=O)C(C)Cc2ccccc2)[C@@H](CO)O[C@H]1n1ccc(=O)[nH]c1=O. The molecule has 4 aromatic rings. The van der Waals surface area contributed by atoms with Crippen LogP contribution in [0.15, 0.2) is 70.8 Å². The number of anilines is 1. The van der Waals surface area contributed by atoms with E-state index < -0.39 is 92.1 Å². The summed E-state index contributed by atoms with van der Waals surface area (Å²) in [4.78, 5) is 47.9. The summed E-state index contributed by atoms with van der Waals surface area (Å²) in [6.07, 6.45) is -2.83. The van der Waals surface area contributed by atoms with Crippen LogP contribution in [-0.2, 0) is 43.8 Å². The molecule has 9 atom stereocenters. The molecule has 0 radical (unpaired) electrons. The quantitative estimate of drug-likeness (QED) is 0.0766. The highest BCUT2D eigenvalue weighted by atomic mass is 32.7. The van der Waals surface area contributed by atoms with Crippen molar-refractivity contribution in [1.29, 1.82) is 0 Å². The number of nitrogens with two attached hydrogens (primary N) is 1. The van der Waals surface area contributed by atoms with E-state index in [-0.39, 0.29) is 6.42 Å². The number of rotatable bonds is 15. The smallest absolute Gasteiger partial charge is 0.392 e. The lowest BCUT2D eigenvalue weighted by Gasteiger charge is -2.28. The minimum Gasteiger partial charge on any atom is -0.454 e. The van der Waals surface area contributed by atoms with Crippen LogP contribution in [0, 0.1) is 5.92 Å². The fourth-order valence-corrected chi connectivity index (χ4v) is 8.85. The Morgan fingerprint density at radius 3 is 2.65 bits per heavy atom. The molecule has 5 N–H and O–H groups in total. The maximum Gasteiger partial charge on any atom is 0.392 e. The van der Waals surface area contributed by atoms with Crippen molar-refractivity contribution in [3.8, 4) is 0 Å². The molecule has 2 aliphatic heterocycles. The van der Waals surface area contributed by atoms with Gasteiger partial charge in [-0.1, -0.05) is 37.3 Å². The van der Waals surface area contributed by atoms with Gasteiger partial charge in [0, 0.05) is 43.4 Å². The molecule has 6 rings (SSSR count). The number of nitrogens with zero attached hydrogens (tertiary/aromatic N) is 4. The Labute approximate surface area is 300 Å². The average molecular weight is 763 g/mol.